The van der Waals surface area contributed by atoms with Gasteiger partial charge in [-0.05, 0) is 11.6 Å². The predicted octanol–water partition coefficient (Wildman–Crippen LogP) is 2.10. The predicted molar refractivity (Wildman–Crippen MR) is 69.7 cm³/mol. The fourth-order valence-corrected chi connectivity index (χ4v) is 1.97. The Balaban J connectivity index is 1.84. The van der Waals surface area contributed by atoms with Crippen molar-refractivity contribution in [1.82, 2.24) is 15.2 Å². The van der Waals surface area contributed by atoms with Crippen molar-refractivity contribution in [3.8, 4) is 0 Å². The Hall–Kier alpha value is -2.63. The molecule has 0 bridgehead atoms. The Bertz CT molecular complexity index is 729. The summed E-state index contributed by atoms with van der Waals surface area (Å²) in [5.74, 6) is 0.232. The molecular weight excluding hydrogens is 244 g/mol. The minimum Gasteiger partial charge on any atom is -0.407 e. The number of para-hydroxylation sites is 1. The minimum absolute atomic E-state index is 0.127. The number of aromatic nitrogens is 3. The van der Waals surface area contributed by atoms with E-state index in [1.54, 1.807) is 0 Å². The molecule has 3 rings (SSSR count). The van der Waals surface area contributed by atoms with E-state index in [0.29, 0.717) is 12.3 Å². The lowest BCUT2D eigenvalue weighted by molar-refractivity contribution is -0.114. The first kappa shape index (κ1) is 11.5. The Morgan fingerprint density at radius 2 is 2.21 bits per heavy atom. The fraction of sp³-hybridized carbons (Fsp3) is 0.154. The summed E-state index contributed by atoms with van der Waals surface area (Å²) in [5, 5.41) is 11.2. The SMILES string of the molecule is CC(=O)Nc1nnc(Cc2c[nH]c3ccccc23)o1. The molecule has 2 heterocycles. The standard InChI is InChI=1S/C13H12N4O2/c1-8(18)15-13-17-16-12(19-13)6-9-7-14-11-5-3-2-4-10(9)11/h2-5,7,14H,6H2,1H3,(H,15,17,18). The van der Waals surface area contributed by atoms with E-state index in [-0.39, 0.29) is 11.9 Å². The molecular formula is C13H12N4O2. The average molecular weight is 256 g/mol. The second-order valence-electron chi connectivity index (χ2n) is 4.22. The molecule has 2 N–H and O–H groups in total. The van der Waals surface area contributed by atoms with Crippen LogP contribution < -0.4 is 5.32 Å². The van der Waals surface area contributed by atoms with Crippen molar-refractivity contribution in [3.05, 3.63) is 41.9 Å². The van der Waals surface area contributed by atoms with Crippen LogP contribution in [0.4, 0.5) is 6.01 Å². The number of H-pyrrole nitrogens is 1. The summed E-state index contributed by atoms with van der Waals surface area (Å²) in [6.07, 6.45) is 2.45. The maximum atomic E-state index is 10.9. The third-order valence-corrected chi connectivity index (χ3v) is 2.77. The zero-order valence-electron chi connectivity index (χ0n) is 10.3. The molecule has 0 aliphatic carbocycles. The number of hydrogen-bond acceptors (Lipinski definition) is 4. The van der Waals surface area contributed by atoms with Crippen LogP contribution in [0.3, 0.4) is 0 Å². The van der Waals surface area contributed by atoms with Crippen molar-refractivity contribution in [1.29, 1.82) is 0 Å². The third kappa shape index (κ3) is 2.33. The number of aromatic amines is 1. The largest absolute Gasteiger partial charge is 0.407 e. The van der Waals surface area contributed by atoms with Crippen molar-refractivity contribution < 1.29 is 9.21 Å². The van der Waals surface area contributed by atoms with E-state index in [2.05, 4.69) is 20.5 Å². The molecule has 0 aliphatic rings. The third-order valence-electron chi connectivity index (χ3n) is 2.77. The van der Waals surface area contributed by atoms with E-state index >= 15 is 0 Å². The number of rotatable bonds is 3. The van der Waals surface area contributed by atoms with Gasteiger partial charge >= 0.3 is 6.01 Å². The molecule has 2 aromatic heterocycles. The van der Waals surface area contributed by atoms with Gasteiger partial charge in [0.2, 0.25) is 11.8 Å². The molecule has 0 spiro atoms. The van der Waals surface area contributed by atoms with Crippen LogP contribution in [0, 0.1) is 0 Å². The zero-order valence-corrected chi connectivity index (χ0v) is 10.3. The van der Waals surface area contributed by atoms with Gasteiger partial charge in [0, 0.05) is 24.0 Å². The first-order chi connectivity index (χ1) is 9.22. The van der Waals surface area contributed by atoms with Gasteiger partial charge in [-0.25, -0.2) is 0 Å². The van der Waals surface area contributed by atoms with Gasteiger partial charge in [-0.15, -0.1) is 5.10 Å². The van der Waals surface area contributed by atoms with Crippen molar-refractivity contribution in [2.45, 2.75) is 13.3 Å². The van der Waals surface area contributed by atoms with Crippen LogP contribution in [-0.2, 0) is 11.2 Å². The van der Waals surface area contributed by atoms with Gasteiger partial charge in [0.25, 0.3) is 0 Å². The van der Waals surface area contributed by atoms with Crippen LogP contribution in [0.1, 0.15) is 18.4 Å². The van der Waals surface area contributed by atoms with Gasteiger partial charge in [0.1, 0.15) is 0 Å². The molecule has 0 radical (unpaired) electrons. The molecule has 1 amide bonds. The van der Waals surface area contributed by atoms with E-state index < -0.39 is 0 Å². The maximum absolute atomic E-state index is 10.9. The number of nitrogens with one attached hydrogen (secondary N) is 2. The van der Waals surface area contributed by atoms with E-state index in [1.807, 2.05) is 30.5 Å². The Kier molecular flexibility index (Phi) is 2.75. The molecule has 0 fully saturated rings. The summed E-state index contributed by atoms with van der Waals surface area (Å²) in [6.45, 7) is 1.39. The molecule has 1 aromatic carbocycles. The molecule has 96 valence electrons. The molecule has 0 atom stereocenters. The normalized spacial score (nSPS) is 10.8. The van der Waals surface area contributed by atoms with E-state index in [9.17, 15) is 4.79 Å². The summed E-state index contributed by atoms with van der Waals surface area (Å²) >= 11 is 0. The molecule has 19 heavy (non-hydrogen) atoms. The summed E-state index contributed by atoms with van der Waals surface area (Å²) in [5.41, 5.74) is 2.15. The van der Waals surface area contributed by atoms with Gasteiger partial charge in [0.15, 0.2) is 0 Å². The Labute approximate surface area is 108 Å². The van der Waals surface area contributed by atoms with Crippen LogP contribution in [0.5, 0.6) is 0 Å². The molecule has 0 aliphatic heterocycles. The van der Waals surface area contributed by atoms with Gasteiger partial charge in [-0.1, -0.05) is 23.3 Å². The number of anilines is 1. The van der Waals surface area contributed by atoms with Gasteiger partial charge in [0.05, 0.1) is 6.42 Å². The highest BCUT2D eigenvalue weighted by molar-refractivity contribution is 5.86. The smallest absolute Gasteiger partial charge is 0.322 e. The van der Waals surface area contributed by atoms with Crippen molar-refractivity contribution >= 4 is 22.8 Å². The summed E-state index contributed by atoms with van der Waals surface area (Å²) in [7, 11) is 0. The molecule has 6 nitrogen and oxygen atoms in total. The maximum Gasteiger partial charge on any atom is 0.322 e. The van der Waals surface area contributed by atoms with Crippen LogP contribution in [0.2, 0.25) is 0 Å². The first-order valence-electron chi connectivity index (χ1n) is 5.87. The molecule has 0 saturated carbocycles. The summed E-state index contributed by atoms with van der Waals surface area (Å²) < 4.78 is 5.35. The highest BCUT2D eigenvalue weighted by Gasteiger charge is 2.10. The number of carbonyl (C=O) groups is 1. The number of hydrogen-bond donors (Lipinski definition) is 2. The number of nitrogens with zero attached hydrogens (tertiary/aromatic N) is 2. The lowest BCUT2D eigenvalue weighted by atomic mass is 10.1. The number of benzene rings is 1. The molecule has 3 aromatic rings. The Morgan fingerprint density at radius 3 is 3.05 bits per heavy atom. The van der Waals surface area contributed by atoms with Crippen LogP contribution in [0.25, 0.3) is 10.9 Å². The highest BCUT2D eigenvalue weighted by Crippen LogP contribution is 2.20. The average Bonchev–Trinajstić information content (AvgIpc) is 2.97. The van der Waals surface area contributed by atoms with Crippen molar-refractivity contribution in [2.24, 2.45) is 0 Å². The van der Waals surface area contributed by atoms with E-state index in [4.69, 9.17) is 4.42 Å². The Morgan fingerprint density at radius 1 is 1.37 bits per heavy atom. The lowest BCUT2D eigenvalue weighted by Crippen LogP contribution is -2.05. The van der Waals surface area contributed by atoms with Crippen molar-refractivity contribution in [3.63, 3.8) is 0 Å². The minimum atomic E-state index is -0.234. The zero-order chi connectivity index (χ0) is 13.2. The van der Waals surface area contributed by atoms with E-state index in [1.165, 1.54) is 6.92 Å². The highest BCUT2D eigenvalue weighted by atomic mass is 16.4. The summed E-state index contributed by atoms with van der Waals surface area (Å²) in [6, 6.07) is 8.13. The number of fused-ring (bicyclic) bond motifs is 1. The van der Waals surface area contributed by atoms with E-state index in [0.717, 1.165) is 16.5 Å². The molecule has 0 unspecified atom stereocenters. The van der Waals surface area contributed by atoms with Crippen LogP contribution >= 0.6 is 0 Å². The monoisotopic (exact) mass is 256 g/mol. The van der Waals surface area contributed by atoms with Gasteiger partial charge in [-0.2, -0.15) is 0 Å². The first-order valence-corrected chi connectivity index (χ1v) is 5.87. The summed E-state index contributed by atoms with van der Waals surface area (Å²) in [4.78, 5) is 14.1. The number of amides is 1. The second-order valence-corrected chi connectivity index (χ2v) is 4.22. The molecule has 0 saturated heterocycles. The van der Waals surface area contributed by atoms with Gasteiger partial charge in [-0.3, -0.25) is 10.1 Å². The van der Waals surface area contributed by atoms with Crippen LogP contribution in [0.15, 0.2) is 34.9 Å². The van der Waals surface area contributed by atoms with Gasteiger partial charge < -0.3 is 9.40 Å². The van der Waals surface area contributed by atoms with Crippen molar-refractivity contribution in [2.75, 3.05) is 5.32 Å². The fourth-order valence-electron chi connectivity index (χ4n) is 1.97. The quantitative estimate of drug-likeness (QED) is 0.751. The number of carbonyl (C=O) groups excluding carboxylic acids is 1. The van der Waals surface area contributed by atoms with Crippen LogP contribution in [-0.4, -0.2) is 21.1 Å². The topological polar surface area (TPSA) is 83.8 Å². The molecule has 6 heteroatoms. The second kappa shape index (κ2) is 4.56. The lowest BCUT2D eigenvalue weighted by Gasteiger charge is -1.94.